The number of aromatic nitrogens is 2. The Morgan fingerprint density at radius 1 is 1.33 bits per heavy atom. The SMILES string of the molecule is Cc1n[nH]c(C)c1S(=O)(=O)NCCOc1ccccc1N. The molecule has 0 unspecified atom stereocenters. The minimum Gasteiger partial charge on any atom is -0.490 e. The van der Waals surface area contributed by atoms with Crippen molar-refractivity contribution in [2.75, 3.05) is 18.9 Å². The topological polar surface area (TPSA) is 110 Å². The number of anilines is 1. The Morgan fingerprint density at radius 2 is 2.05 bits per heavy atom. The summed E-state index contributed by atoms with van der Waals surface area (Å²) < 4.78 is 32.2. The third kappa shape index (κ3) is 3.53. The van der Waals surface area contributed by atoms with E-state index in [1.54, 1.807) is 38.1 Å². The summed E-state index contributed by atoms with van der Waals surface area (Å²) in [6.07, 6.45) is 0. The van der Waals surface area contributed by atoms with Gasteiger partial charge < -0.3 is 10.5 Å². The molecule has 7 nitrogen and oxygen atoms in total. The van der Waals surface area contributed by atoms with Gasteiger partial charge in [-0.3, -0.25) is 5.10 Å². The summed E-state index contributed by atoms with van der Waals surface area (Å²) in [5, 5.41) is 6.53. The number of nitrogens with zero attached hydrogens (tertiary/aromatic N) is 1. The molecular formula is C13H18N4O3S. The third-order valence-electron chi connectivity index (χ3n) is 2.90. The van der Waals surface area contributed by atoms with Gasteiger partial charge in [0.2, 0.25) is 10.0 Å². The van der Waals surface area contributed by atoms with Gasteiger partial charge in [0.15, 0.2) is 0 Å². The standard InChI is InChI=1S/C13H18N4O3S/c1-9-13(10(2)17-16-9)21(18,19)15-7-8-20-12-6-4-3-5-11(12)14/h3-6,15H,7-8,14H2,1-2H3,(H,16,17). The van der Waals surface area contributed by atoms with Crippen LogP contribution in [0, 0.1) is 13.8 Å². The van der Waals surface area contributed by atoms with Gasteiger partial charge >= 0.3 is 0 Å². The average molecular weight is 310 g/mol. The van der Waals surface area contributed by atoms with Crippen molar-refractivity contribution in [1.29, 1.82) is 0 Å². The van der Waals surface area contributed by atoms with Gasteiger partial charge in [-0.25, -0.2) is 13.1 Å². The van der Waals surface area contributed by atoms with Crippen molar-refractivity contribution >= 4 is 15.7 Å². The fourth-order valence-electron chi connectivity index (χ4n) is 1.96. The van der Waals surface area contributed by atoms with Crippen LogP contribution in [-0.2, 0) is 10.0 Å². The van der Waals surface area contributed by atoms with Crippen LogP contribution in [0.1, 0.15) is 11.4 Å². The number of H-pyrrole nitrogens is 1. The van der Waals surface area contributed by atoms with E-state index >= 15 is 0 Å². The van der Waals surface area contributed by atoms with Crippen LogP contribution in [0.2, 0.25) is 0 Å². The maximum absolute atomic E-state index is 12.2. The lowest BCUT2D eigenvalue weighted by Crippen LogP contribution is -2.29. The first-order valence-electron chi connectivity index (χ1n) is 6.40. The van der Waals surface area contributed by atoms with Gasteiger partial charge in [0.05, 0.1) is 17.1 Å². The molecule has 0 saturated heterocycles. The molecule has 0 aliphatic heterocycles. The Labute approximate surface area is 123 Å². The number of hydrogen-bond acceptors (Lipinski definition) is 5. The number of nitrogens with two attached hydrogens (primary N) is 1. The van der Waals surface area contributed by atoms with E-state index in [0.717, 1.165) is 0 Å². The minimum atomic E-state index is -3.60. The van der Waals surface area contributed by atoms with Crippen molar-refractivity contribution in [1.82, 2.24) is 14.9 Å². The second-order valence-electron chi connectivity index (χ2n) is 4.55. The van der Waals surface area contributed by atoms with E-state index < -0.39 is 10.0 Å². The highest BCUT2D eigenvalue weighted by Crippen LogP contribution is 2.19. The van der Waals surface area contributed by atoms with Crippen LogP contribution < -0.4 is 15.2 Å². The van der Waals surface area contributed by atoms with Gasteiger partial charge in [-0.2, -0.15) is 5.10 Å². The van der Waals surface area contributed by atoms with E-state index in [4.69, 9.17) is 10.5 Å². The van der Waals surface area contributed by atoms with E-state index in [2.05, 4.69) is 14.9 Å². The number of nitrogens with one attached hydrogen (secondary N) is 2. The first-order valence-corrected chi connectivity index (χ1v) is 7.88. The van der Waals surface area contributed by atoms with Crippen molar-refractivity contribution in [2.45, 2.75) is 18.7 Å². The van der Waals surface area contributed by atoms with Gasteiger partial charge in [0, 0.05) is 6.54 Å². The van der Waals surface area contributed by atoms with Gasteiger partial charge in [0.25, 0.3) is 0 Å². The van der Waals surface area contributed by atoms with E-state index in [-0.39, 0.29) is 18.0 Å². The summed E-state index contributed by atoms with van der Waals surface area (Å²) in [7, 11) is -3.60. The molecule has 1 heterocycles. The van der Waals surface area contributed by atoms with Crippen LogP contribution in [0.3, 0.4) is 0 Å². The van der Waals surface area contributed by atoms with E-state index in [9.17, 15) is 8.42 Å². The van der Waals surface area contributed by atoms with E-state index in [1.165, 1.54) is 0 Å². The zero-order chi connectivity index (χ0) is 15.5. The summed E-state index contributed by atoms with van der Waals surface area (Å²) >= 11 is 0. The molecule has 0 amide bonds. The van der Waals surface area contributed by atoms with E-state index in [1.807, 2.05) is 0 Å². The van der Waals surface area contributed by atoms with Crippen molar-refractivity contribution in [3.8, 4) is 5.75 Å². The molecule has 0 aliphatic carbocycles. The molecule has 0 fully saturated rings. The van der Waals surface area contributed by atoms with Crippen molar-refractivity contribution in [3.63, 3.8) is 0 Å². The largest absolute Gasteiger partial charge is 0.490 e. The summed E-state index contributed by atoms with van der Waals surface area (Å²) in [4.78, 5) is 0.182. The molecule has 0 bridgehead atoms. The van der Waals surface area contributed by atoms with Gasteiger partial charge in [-0.15, -0.1) is 0 Å². The van der Waals surface area contributed by atoms with Crippen LogP contribution in [0.15, 0.2) is 29.2 Å². The third-order valence-corrected chi connectivity index (χ3v) is 4.62. The number of nitrogen functional groups attached to an aromatic ring is 1. The Hall–Kier alpha value is -2.06. The first-order chi connectivity index (χ1) is 9.92. The number of ether oxygens (including phenoxy) is 1. The molecule has 2 aromatic rings. The fraction of sp³-hybridized carbons (Fsp3) is 0.308. The van der Waals surface area contributed by atoms with Gasteiger partial charge in [0.1, 0.15) is 17.3 Å². The quantitative estimate of drug-likeness (QED) is 0.544. The van der Waals surface area contributed by atoms with Crippen LogP contribution in [-0.4, -0.2) is 31.8 Å². The molecule has 0 saturated carbocycles. The van der Waals surface area contributed by atoms with Crippen molar-refractivity contribution < 1.29 is 13.2 Å². The highest BCUT2D eigenvalue weighted by atomic mass is 32.2. The fourth-order valence-corrected chi connectivity index (χ4v) is 3.34. The van der Waals surface area contributed by atoms with Gasteiger partial charge in [-0.1, -0.05) is 12.1 Å². The second-order valence-corrected chi connectivity index (χ2v) is 6.25. The second kappa shape index (κ2) is 6.15. The van der Waals surface area contributed by atoms with Crippen molar-refractivity contribution in [3.05, 3.63) is 35.7 Å². The zero-order valence-electron chi connectivity index (χ0n) is 11.9. The van der Waals surface area contributed by atoms with Crippen LogP contribution in [0.5, 0.6) is 5.75 Å². The Morgan fingerprint density at radius 3 is 2.67 bits per heavy atom. The Balaban J connectivity index is 1.93. The van der Waals surface area contributed by atoms with Crippen LogP contribution in [0.4, 0.5) is 5.69 Å². The van der Waals surface area contributed by atoms with E-state index in [0.29, 0.717) is 22.8 Å². The average Bonchev–Trinajstić information content (AvgIpc) is 2.77. The Bertz CT molecular complexity index is 705. The molecular weight excluding hydrogens is 292 g/mol. The molecule has 4 N–H and O–H groups in total. The lowest BCUT2D eigenvalue weighted by atomic mass is 10.3. The number of hydrogen-bond donors (Lipinski definition) is 3. The summed E-state index contributed by atoms with van der Waals surface area (Å²) in [6, 6.07) is 7.05. The number of benzene rings is 1. The number of sulfonamides is 1. The van der Waals surface area contributed by atoms with Crippen molar-refractivity contribution in [2.24, 2.45) is 0 Å². The first kappa shape index (κ1) is 15.3. The number of rotatable bonds is 6. The molecule has 21 heavy (non-hydrogen) atoms. The maximum atomic E-state index is 12.2. The normalized spacial score (nSPS) is 11.5. The molecule has 2 rings (SSSR count). The number of aromatic amines is 1. The summed E-state index contributed by atoms with van der Waals surface area (Å²) in [6.45, 7) is 3.62. The highest BCUT2D eigenvalue weighted by Gasteiger charge is 2.21. The molecule has 0 spiro atoms. The molecule has 1 aromatic carbocycles. The molecule has 0 radical (unpaired) electrons. The summed E-state index contributed by atoms with van der Waals surface area (Å²) in [5.74, 6) is 0.535. The number of aryl methyl sites for hydroxylation is 2. The lowest BCUT2D eigenvalue weighted by Gasteiger charge is -2.10. The lowest BCUT2D eigenvalue weighted by molar-refractivity contribution is 0.324. The molecule has 8 heteroatoms. The van der Waals surface area contributed by atoms with Crippen LogP contribution in [0.25, 0.3) is 0 Å². The minimum absolute atomic E-state index is 0.140. The Kier molecular flexibility index (Phi) is 4.49. The summed E-state index contributed by atoms with van der Waals surface area (Å²) in [5.41, 5.74) is 7.19. The van der Waals surface area contributed by atoms with Gasteiger partial charge in [-0.05, 0) is 26.0 Å². The molecule has 114 valence electrons. The highest BCUT2D eigenvalue weighted by molar-refractivity contribution is 7.89. The maximum Gasteiger partial charge on any atom is 0.244 e. The molecule has 0 aliphatic rings. The predicted octanol–water partition coefficient (Wildman–Crippen LogP) is 0.966. The smallest absolute Gasteiger partial charge is 0.244 e. The number of para-hydroxylation sites is 2. The van der Waals surface area contributed by atoms with Crippen LogP contribution >= 0.6 is 0 Å². The molecule has 1 aromatic heterocycles. The molecule has 0 atom stereocenters. The zero-order valence-corrected chi connectivity index (χ0v) is 12.7. The monoisotopic (exact) mass is 310 g/mol. The predicted molar refractivity (Wildman–Crippen MR) is 79.6 cm³/mol.